The van der Waals surface area contributed by atoms with Crippen LogP contribution < -0.4 is 0 Å². The fourth-order valence-corrected chi connectivity index (χ4v) is 3.43. The number of hydrogen-bond donors (Lipinski definition) is 0. The molecule has 1 saturated heterocycles. The minimum atomic E-state index is 0.0339. The second-order valence-corrected chi connectivity index (χ2v) is 7.68. The van der Waals surface area contributed by atoms with E-state index in [1.54, 1.807) is 4.90 Å². The molecule has 2 rings (SSSR count). The summed E-state index contributed by atoms with van der Waals surface area (Å²) in [5.41, 5.74) is 2.35. The smallest absolute Gasteiger partial charge is 0.266 e. The second kappa shape index (κ2) is 6.75. The average molecular weight is 319 g/mol. The van der Waals surface area contributed by atoms with E-state index in [-0.39, 0.29) is 5.91 Å². The number of nitrogens with zero attached hydrogens (tertiary/aromatic N) is 1. The molecule has 2 nitrogen and oxygen atoms in total. The Morgan fingerprint density at radius 3 is 2.33 bits per heavy atom. The molecule has 21 heavy (non-hydrogen) atoms. The number of hydrogen-bond acceptors (Lipinski definition) is 3. The largest absolute Gasteiger partial charge is 0.293 e. The van der Waals surface area contributed by atoms with Gasteiger partial charge in [-0.1, -0.05) is 75.9 Å². The van der Waals surface area contributed by atoms with E-state index in [4.69, 9.17) is 12.2 Å². The maximum absolute atomic E-state index is 12.4. The monoisotopic (exact) mass is 319 g/mol. The van der Waals surface area contributed by atoms with Gasteiger partial charge in [0, 0.05) is 6.54 Å². The van der Waals surface area contributed by atoms with E-state index in [0.717, 1.165) is 10.5 Å². The highest BCUT2D eigenvalue weighted by Crippen LogP contribution is 2.33. The molecule has 1 aliphatic heterocycles. The summed E-state index contributed by atoms with van der Waals surface area (Å²) in [4.78, 5) is 14.8. The zero-order chi connectivity index (χ0) is 15.6. The van der Waals surface area contributed by atoms with Crippen molar-refractivity contribution in [1.82, 2.24) is 4.90 Å². The third kappa shape index (κ3) is 3.95. The maximum atomic E-state index is 12.4. The van der Waals surface area contributed by atoms with Crippen molar-refractivity contribution in [3.63, 3.8) is 0 Å². The molecule has 0 saturated carbocycles. The van der Waals surface area contributed by atoms with E-state index in [1.807, 2.05) is 6.08 Å². The van der Waals surface area contributed by atoms with Gasteiger partial charge in [-0.25, -0.2) is 0 Å². The van der Waals surface area contributed by atoms with Crippen LogP contribution in [0.5, 0.6) is 0 Å². The van der Waals surface area contributed by atoms with Gasteiger partial charge >= 0.3 is 0 Å². The Kier molecular flexibility index (Phi) is 5.22. The fourth-order valence-electron chi connectivity index (χ4n) is 2.15. The molecular weight excluding hydrogens is 298 g/mol. The van der Waals surface area contributed by atoms with Crippen molar-refractivity contribution < 1.29 is 4.79 Å². The number of amides is 1. The molecule has 1 heterocycles. The second-order valence-electron chi connectivity index (χ2n) is 6.01. The topological polar surface area (TPSA) is 20.3 Å². The zero-order valence-corrected chi connectivity index (χ0v) is 14.6. The Hall–Kier alpha value is -1.13. The van der Waals surface area contributed by atoms with E-state index >= 15 is 0 Å². The van der Waals surface area contributed by atoms with Crippen LogP contribution in [0.2, 0.25) is 0 Å². The Morgan fingerprint density at radius 1 is 1.19 bits per heavy atom. The third-order valence-corrected chi connectivity index (χ3v) is 4.70. The number of thioether (sulfide) groups is 1. The maximum Gasteiger partial charge on any atom is 0.266 e. The summed E-state index contributed by atoms with van der Waals surface area (Å²) in [7, 11) is 0. The summed E-state index contributed by atoms with van der Waals surface area (Å²) in [6, 6.07) is 8.35. The lowest BCUT2D eigenvalue weighted by molar-refractivity contribution is -0.122. The van der Waals surface area contributed by atoms with Gasteiger partial charge in [0.15, 0.2) is 0 Å². The number of thiocarbonyl (C=S) groups is 1. The molecule has 1 aliphatic rings. The average Bonchev–Trinajstić information content (AvgIpc) is 2.67. The van der Waals surface area contributed by atoms with Crippen molar-refractivity contribution in [2.75, 3.05) is 6.54 Å². The van der Waals surface area contributed by atoms with E-state index in [0.29, 0.717) is 22.7 Å². The molecule has 4 heteroatoms. The van der Waals surface area contributed by atoms with Gasteiger partial charge in [-0.3, -0.25) is 9.69 Å². The van der Waals surface area contributed by atoms with Crippen molar-refractivity contribution in [2.45, 2.75) is 33.6 Å². The van der Waals surface area contributed by atoms with Crippen molar-refractivity contribution in [3.8, 4) is 0 Å². The van der Waals surface area contributed by atoms with Crippen LogP contribution in [0.1, 0.15) is 44.7 Å². The number of carbonyl (C=O) groups excluding carboxylic acids is 1. The van der Waals surface area contributed by atoms with Crippen molar-refractivity contribution in [1.29, 1.82) is 0 Å². The first-order chi connectivity index (χ1) is 9.88. The van der Waals surface area contributed by atoms with Crippen molar-refractivity contribution >= 4 is 40.3 Å². The highest BCUT2D eigenvalue weighted by molar-refractivity contribution is 8.26. The van der Waals surface area contributed by atoms with Crippen LogP contribution >= 0.6 is 24.0 Å². The summed E-state index contributed by atoms with van der Waals surface area (Å²) >= 11 is 6.71. The molecule has 1 aromatic carbocycles. The number of benzene rings is 1. The van der Waals surface area contributed by atoms with Gasteiger partial charge in [0.25, 0.3) is 5.91 Å². The van der Waals surface area contributed by atoms with Crippen LogP contribution in [0.4, 0.5) is 0 Å². The lowest BCUT2D eigenvalue weighted by Gasteiger charge is -2.16. The summed E-state index contributed by atoms with van der Waals surface area (Å²) in [5.74, 6) is 0.965. The van der Waals surface area contributed by atoms with Crippen LogP contribution in [0.15, 0.2) is 29.2 Å². The van der Waals surface area contributed by atoms with Gasteiger partial charge in [-0.05, 0) is 29.0 Å². The molecule has 0 unspecified atom stereocenters. The minimum absolute atomic E-state index is 0.0339. The van der Waals surface area contributed by atoms with Gasteiger partial charge < -0.3 is 0 Å². The molecular formula is C17H21NOS2. The first-order valence-electron chi connectivity index (χ1n) is 7.23. The van der Waals surface area contributed by atoms with E-state index in [9.17, 15) is 4.79 Å². The van der Waals surface area contributed by atoms with Crippen molar-refractivity contribution in [3.05, 3.63) is 40.3 Å². The van der Waals surface area contributed by atoms with Gasteiger partial charge in [-0.15, -0.1) is 0 Å². The van der Waals surface area contributed by atoms with Gasteiger partial charge in [0.2, 0.25) is 0 Å². The molecule has 1 amide bonds. The molecule has 0 atom stereocenters. The SMILES string of the molecule is CC(C)CN1C(=O)C(=Cc2ccc(C(C)C)cc2)SC1=S. The quantitative estimate of drug-likeness (QED) is 0.594. The Labute approximate surface area is 136 Å². The highest BCUT2D eigenvalue weighted by atomic mass is 32.2. The van der Waals surface area contributed by atoms with Gasteiger partial charge in [-0.2, -0.15) is 0 Å². The summed E-state index contributed by atoms with van der Waals surface area (Å²) in [6.07, 6.45) is 1.93. The molecule has 0 spiro atoms. The standard InChI is InChI=1S/C17H21NOS2/c1-11(2)10-18-16(19)15(21-17(18)20)9-13-5-7-14(8-6-13)12(3)4/h5-9,11-12H,10H2,1-4H3. The van der Waals surface area contributed by atoms with Gasteiger partial charge in [0.1, 0.15) is 4.32 Å². The van der Waals surface area contributed by atoms with E-state index in [2.05, 4.69) is 52.0 Å². The zero-order valence-electron chi connectivity index (χ0n) is 12.9. The predicted molar refractivity (Wildman–Crippen MR) is 95.2 cm³/mol. The molecule has 1 aromatic rings. The molecule has 112 valence electrons. The van der Waals surface area contributed by atoms with Crippen LogP contribution in [0.25, 0.3) is 6.08 Å². The fraction of sp³-hybridized carbons (Fsp3) is 0.412. The number of rotatable bonds is 4. The molecule has 0 aromatic heterocycles. The number of carbonyl (C=O) groups is 1. The Morgan fingerprint density at radius 2 is 1.81 bits per heavy atom. The normalized spacial score (nSPS) is 17.6. The Bertz CT molecular complexity index is 573. The molecule has 0 radical (unpaired) electrons. The van der Waals surface area contributed by atoms with Crippen LogP contribution in [-0.2, 0) is 4.79 Å². The minimum Gasteiger partial charge on any atom is -0.293 e. The highest BCUT2D eigenvalue weighted by Gasteiger charge is 2.32. The van der Waals surface area contributed by atoms with Crippen LogP contribution in [0, 0.1) is 5.92 Å². The van der Waals surface area contributed by atoms with Gasteiger partial charge in [0.05, 0.1) is 4.91 Å². The van der Waals surface area contributed by atoms with Crippen LogP contribution in [-0.4, -0.2) is 21.7 Å². The first kappa shape index (κ1) is 16.2. The third-order valence-electron chi connectivity index (χ3n) is 3.32. The molecule has 0 bridgehead atoms. The van der Waals surface area contributed by atoms with E-state index in [1.165, 1.54) is 17.3 Å². The summed E-state index contributed by atoms with van der Waals surface area (Å²) in [5, 5.41) is 0. The molecule has 1 fully saturated rings. The first-order valence-corrected chi connectivity index (χ1v) is 8.46. The van der Waals surface area contributed by atoms with E-state index < -0.39 is 0 Å². The summed E-state index contributed by atoms with van der Waals surface area (Å²) < 4.78 is 0.666. The lowest BCUT2D eigenvalue weighted by Crippen LogP contribution is -2.31. The predicted octanol–water partition coefficient (Wildman–Crippen LogP) is 4.67. The lowest BCUT2D eigenvalue weighted by atomic mass is 10.0. The molecule has 0 aliphatic carbocycles. The molecule has 0 N–H and O–H groups in total. The van der Waals surface area contributed by atoms with Crippen molar-refractivity contribution in [2.24, 2.45) is 5.92 Å². The van der Waals surface area contributed by atoms with Crippen LogP contribution in [0.3, 0.4) is 0 Å². The Balaban J connectivity index is 2.18. The summed E-state index contributed by atoms with van der Waals surface area (Å²) in [6.45, 7) is 9.21.